The van der Waals surface area contributed by atoms with Gasteiger partial charge in [0, 0.05) is 24.6 Å². The van der Waals surface area contributed by atoms with Crippen molar-refractivity contribution >= 4 is 5.97 Å². The first kappa shape index (κ1) is 12.6. The molecule has 0 atom stereocenters. The minimum atomic E-state index is -0.852. The fraction of sp³-hybridized carbons (Fsp3) is 0.364. The molecule has 0 heterocycles. The van der Waals surface area contributed by atoms with Gasteiger partial charge in [-0.3, -0.25) is 4.79 Å². The Hall–Kier alpha value is -1.49. The molecule has 0 aliphatic heterocycles. The molecule has 0 aliphatic rings. The number of rotatable bonds is 6. The van der Waals surface area contributed by atoms with Crippen LogP contribution in [0.5, 0.6) is 0 Å². The van der Waals surface area contributed by atoms with Gasteiger partial charge < -0.3 is 10.4 Å². The highest BCUT2D eigenvalue weighted by atomic mass is 19.1. The quantitative estimate of drug-likeness (QED) is 0.733. The molecule has 0 saturated heterocycles. The van der Waals surface area contributed by atoms with E-state index in [4.69, 9.17) is 5.11 Å². The van der Waals surface area contributed by atoms with Crippen molar-refractivity contribution in [2.75, 3.05) is 6.54 Å². The summed E-state index contributed by atoms with van der Waals surface area (Å²) in [6.07, 6.45) is 0.567. The lowest BCUT2D eigenvalue weighted by Crippen LogP contribution is -2.16. The van der Waals surface area contributed by atoms with E-state index in [0.717, 1.165) is 6.07 Å². The maximum Gasteiger partial charge on any atom is 0.303 e. The fourth-order valence-electron chi connectivity index (χ4n) is 1.25. The Morgan fingerprint density at radius 1 is 1.38 bits per heavy atom. The number of hydrogen-bond donors (Lipinski definition) is 2. The van der Waals surface area contributed by atoms with Crippen molar-refractivity contribution in [1.82, 2.24) is 5.32 Å². The zero-order chi connectivity index (χ0) is 12.0. The summed E-state index contributed by atoms with van der Waals surface area (Å²) in [4.78, 5) is 10.2. The second-order valence-electron chi connectivity index (χ2n) is 3.41. The Kier molecular flexibility index (Phi) is 4.85. The van der Waals surface area contributed by atoms with Crippen molar-refractivity contribution in [3.05, 3.63) is 35.4 Å². The largest absolute Gasteiger partial charge is 0.481 e. The molecule has 0 unspecified atom stereocenters. The maximum absolute atomic E-state index is 13.1. The summed E-state index contributed by atoms with van der Waals surface area (Å²) in [6.45, 7) is 0.759. The summed E-state index contributed by atoms with van der Waals surface area (Å²) in [5.74, 6) is -2.05. The van der Waals surface area contributed by atoms with E-state index in [1.165, 1.54) is 12.1 Å². The van der Waals surface area contributed by atoms with E-state index in [1.54, 1.807) is 0 Å². The van der Waals surface area contributed by atoms with Crippen LogP contribution in [-0.4, -0.2) is 17.6 Å². The predicted molar refractivity (Wildman–Crippen MR) is 54.9 cm³/mol. The van der Waals surface area contributed by atoms with Crippen molar-refractivity contribution in [2.45, 2.75) is 19.4 Å². The standard InChI is InChI=1S/C11H13F2NO2/c12-9-4-3-8(10(13)6-9)7-14-5-1-2-11(15)16/h3-4,6,14H,1-2,5,7H2,(H,15,16). The summed E-state index contributed by atoms with van der Waals surface area (Å²) < 4.78 is 25.7. The van der Waals surface area contributed by atoms with Gasteiger partial charge in [-0.1, -0.05) is 6.07 Å². The van der Waals surface area contributed by atoms with Gasteiger partial charge in [0.2, 0.25) is 0 Å². The molecule has 0 aromatic heterocycles. The lowest BCUT2D eigenvalue weighted by atomic mass is 10.2. The molecule has 3 nitrogen and oxygen atoms in total. The number of nitrogens with one attached hydrogen (secondary N) is 1. The molecule has 1 aromatic rings. The first-order valence-electron chi connectivity index (χ1n) is 4.96. The third kappa shape index (κ3) is 4.35. The van der Waals surface area contributed by atoms with Crippen molar-refractivity contribution in [3.8, 4) is 0 Å². The smallest absolute Gasteiger partial charge is 0.303 e. The van der Waals surface area contributed by atoms with Crippen LogP contribution < -0.4 is 5.32 Å². The highest BCUT2D eigenvalue weighted by Gasteiger charge is 2.03. The molecule has 16 heavy (non-hydrogen) atoms. The molecule has 0 amide bonds. The minimum absolute atomic E-state index is 0.0822. The SMILES string of the molecule is O=C(O)CCCNCc1ccc(F)cc1F. The monoisotopic (exact) mass is 229 g/mol. The van der Waals surface area contributed by atoms with E-state index >= 15 is 0 Å². The summed E-state index contributed by atoms with van der Waals surface area (Å²) in [6, 6.07) is 3.39. The lowest BCUT2D eigenvalue weighted by Gasteiger charge is -2.05. The molecule has 0 bridgehead atoms. The van der Waals surface area contributed by atoms with Gasteiger partial charge in [-0.2, -0.15) is 0 Å². The Morgan fingerprint density at radius 3 is 2.75 bits per heavy atom. The van der Waals surface area contributed by atoms with Crippen molar-refractivity contribution < 1.29 is 18.7 Å². The minimum Gasteiger partial charge on any atom is -0.481 e. The number of carbonyl (C=O) groups is 1. The molecule has 1 aromatic carbocycles. The van der Waals surface area contributed by atoms with E-state index in [9.17, 15) is 13.6 Å². The number of hydrogen-bond acceptors (Lipinski definition) is 2. The van der Waals surface area contributed by atoms with Crippen molar-refractivity contribution in [1.29, 1.82) is 0 Å². The van der Waals surface area contributed by atoms with Crippen LogP contribution in [0.2, 0.25) is 0 Å². The zero-order valence-electron chi connectivity index (χ0n) is 8.67. The van der Waals surface area contributed by atoms with Crippen LogP contribution in [-0.2, 0) is 11.3 Å². The molecular formula is C11H13F2NO2. The average molecular weight is 229 g/mol. The first-order chi connectivity index (χ1) is 7.59. The van der Waals surface area contributed by atoms with E-state index in [-0.39, 0.29) is 13.0 Å². The maximum atomic E-state index is 13.1. The number of benzene rings is 1. The topological polar surface area (TPSA) is 49.3 Å². The fourth-order valence-corrected chi connectivity index (χ4v) is 1.25. The van der Waals surface area contributed by atoms with E-state index in [0.29, 0.717) is 18.5 Å². The average Bonchev–Trinajstić information content (AvgIpc) is 2.20. The van der Waals surface area contributed by atoms with Crippen molar-refractivity contribution in [2.24, 2.45) is 0 Å². The molecule has 2 N–H and O–H groups in total. The Bertz CT molecular complexity index is 369. The Balaban J connectivity index is 2.29. The van der Waals surface area contributed by atoms with Gasteiger partial charge in [0.1, 0.15) is 11.6 Å². The van der Waals surface area contributed by atoms with Gasteiger partial charge in [0.25, 0.3) is 0 Å². The molecule has 0 radical (unpaired) electrons. The first-order valence-corrected chi connectivity index (χ1v) is 4.96. The Morgan fingerprint density at radius 2 is 2.12 bits per heavy atom. The molecule has 1 rings (SSSR count). The third-order valence-corrected chi connectivity index (χ3v) is 2.07. The van der Waals surface area contributed by atoms with Crippen LogP contribution in [0, 0.1) is 11.6 Å². The van der Waals surface area contributed by atoms with Gasteiger partial charge >= 0.3 is 5.97 Å². The molecule has 88 valence electrons. The summed E-state index contributed by atoms with van der Waals surface area (Å²) in [5.41, 5.74) is 0.372. The van der Waals surface area contributed by atoms with Gasteiger partial charge in [-0.15, -0.1) is 0 Å². The lowest BCUT2D eigenvalue weighted by molar-refractivity contribution is -0.137. The third-order valence-electron chi connectivity index (χ3n) is 2.07. The summed E-state index contributed by atoms with van der Waals surface area (Å²) in [7, 11) is 0. The number of halogens is 2. The summed E-state index contributed by atoms with van der Waals surface area (Å²) in [5, 5.41) is 11.3. The molecule has 0 aliphatic carbocycles. The second kappa shape index (κ2) is 6.17. The van der Waals surface area contributed by atoms with Crippen LogP contribution in [0.25, 0.3) is 0 Å². The molecule has 0 fully saturated rings. The normalized spacial score (nSPS) is 10.4. The van der Waals surface area contributed by atoms with Crippen LogP contribution in [0.15, 0.2) is 18.2 Å². The van der Waals surface area contributed by atoms with E-state index in [1.807, 2.05) is 0 Å². The zero-order valence-corrected chi connectivity index (χ0v) is 8.67. The van der Waals surface area contributed by atoms with Crippen LogP contribution in [0.3, 0.4) is 0 Å². The molecule has 0 saturated carbocycles. The summed E-state index contributed by atoms with van der Waals surface area (Å²) >= 11 is 0. The van der Waals surface area contributed by atoms with Crippen LogP contribution in [0.4, 0.5) is 8.78 Å². The predicted octanol–water partition coefficient (Wildman–Crippen LogP) is 1.92. The molecule has 5 heteroatoms. The van der Waals surface area contributed by atoms with Crippen LogP contribution in [0.1, 0.15) is 18.4 Å². The number of carboxylic acids is 1. The van der Waals surface area contributed by atoms with Gasteiger partial charge in [0.15, 0.2) is 0 Å². The number of aliphatic carboxylic acids is 1. The van der Waals surface area contributed by atoms with E-state index < -0.39 is 17.6 Å². The molecule has 0 spiro atoms. The molecular weight excluding hydrogens is 216 g/mol. The van der Waals surface area contributed by atoms with Gasteiger partial charge in [-0.05, 0) is 19.0 Å². The van der Waals surface area contributed by atoms with Gasteiger partial charge in [0.05, 0.1) is 0 Å². The van der Waals surface area contributed by atoms with Gasteiger partial charge in [-0.25, -0.2) is 8.78 Å². The van der Waals surface area contributed by atoms with E-state index in [2.05, 4.69) is 5.32 Å². The van der Waals surface area contributed by atoms with Crippen molar-refractivity contribution in [3.63, 3.8) is 0 Å². The number of carboxylic acid groups (broad SMARTS) is 1. The van der Waals surface area contributed by atoms with Crippen LogP contribution >= 0.6 is 0 Å². The highest BCUT2D eigenvalue weighted by Crippen LogP contribution is 2.08. The Labute approximate surface area is 92.1 Å². The second-order valence-corrected chi connectivity index (χ2v) is 3.41. The highest BCUT2D eigenvalue weighted by molar-refractivity contribution is 5.66.